The average Bonchev–Trinajstić information content (AvgIpc) is 2.63. The number of carbonyl (C=O) groups excluding carboxylic acids is 1. The van der Waals surface area contributed by atoms with Crippen molar-refractivity contribution in [1.29, 1.82) is 5.26 Å². The summed E-state index contributed by atoms with van der Waals surface area (Å²) in [7, 11) is 1.49. The van der Waals surface area contributed by atoms with Crippen LogP contribution in [0.5, 0.6) is 11.5 Å². The number of nitriles is 1. The molecule has 0 aliphatic heterocycles. The minimum atomic E-state index is -0.633. The van der Waals surface area contributed by atoms with Crippen molar-refractivity contribution >= 4 is 40.9 Å². The van der Waals surface area contributed by atoms with Crippen LogP contribution in [-0.4, -0.2) is 19.6 Å². The lowest BCUT2D eigenvalue weighted by molar-refractivity contribution is -0.112. The van der Waals surface area contributed by atoms with Crippen LogP contribution in [0.15, 0.2) is 42.0 Å². The summed E-state index contributed by atoms with van der Waals surface area (Å²) in [6, 6.07) is 11.9. The van der Waals surface area contributed by atoms with Gasteiger partial charge >= 0.3 is 0 Å². The third kappa shape index (κ3) is 4.48. The smallest absolute Gasteiger partial charge is 0.266 e. The third-order valence-electron chi connectivity index (χ3n) is 3.38. The standard InChI is InChI=1S/C19H16Cl2N2O3/c1-3-26-16-9-4-6-12(18(16)25-2)10-13(11-22)19(24)23-17-14(20)7-5-8-15(17)21/h4-10H,3H2,1-2H3,(H,23,24)/b13-10+. The van der Waals surface area contributed by atoms with Crippen LogP contribution in [0.1, 0.15) is 12.5 Å². The summed E-state index contributed by atoms with van der Waals surface area (Å²) in [4.78, 5) is 12.5. The first-order valence-electron chi connectivity index (χ1n) is 7.68. The Bertz CT molecular complexity index is 869. The molecule has 0 fully saturated rings. The maximum atomic E-state index is 12.5. The van der Waals surface area contributed by atoms with Crippen molar-refractivity contribution in [2.75, 3.05) is 19.0 Å². The zero-order valence-corrected chi connectivity index (χ0v) is 15.7. The number of nitrogens with zero attached hydrogens (tertiary/aromatic N) is 1. The van der Waals surface area contributed by atoms with Gasteiger partial charge in [-0.05, 0) is 31.2 Å². The molecule has 2 aromatic rings. The van der Waals surface area contributed by atoms with E-state index in [1.165, 1.54) is 13.2 Å². The summed E-state index contributed by atoms with van der Waals surface area (Å²) in [5, 5.41) is 12.5. The normalized spacial score (nSPS) is 10.8. The molecule has 0 heterocycles. The number of benzene rings is 2. The summed E-state index contributed by atoms with van der Waals surface area (Å²) in [5.74, 6) is 0.327. The van der Waals surface area contributed by atoms with E-state index in [0.29, 0.717) is 23.7 Å². The van der Waals surface area contributed by atoms with Crippen LogP contribution in [0.25, 0.3) is 6.08 Å². The highest BCUT2D eigenvalue weighted by molar-refractivity contribution is 6.40. The number of ether oxygens (including phenoxy) is 2. The lowest BCUT2D eigenvalue weighted by Crippen LogP contribution is -2.14. The Balaban J connectivity index is 2.38. The predicted molar refractivity (Wildman–Crippen MR) is 103 cm³/mol. The second-order valence-corrected chi connectivity index (χ2v) is 5.85. The van der Waals surface area contributed by atoms with Gasteiger partial charge in [0.2, 0.25) is 0 Å². The van der Waals surface area contributed by atoms with Gasteiger partial charge in [0.25, 0.3) is 5.91 Å². The van der Waals surface area contributed by atoms with Crippen LogP contribution in [0.2, 0.25) is 10.0 Å². The average molecular weight is 391 g/mol. The molecule has 0 spiro atoms. The molecule has 5 nitrogen and oxygen atoms in total. The number of methoxy groups -OCH3 is 1. The first-order chi connectivity index (χ1) is 12.5. The quantitative estimate of drug-likeness (QED) is 0.559. The molecular weight excluding hydrogens is 375 g/mol. The van der Waals surface area contributed by atoms with E-state index in [2.05, 4.69) is 5.32 Å². The van der Waals surface area contributed by atoms with Gasteiger partial charge in [-0.3, -0.25) is 4.79 Å². The number of para-hydroxylation sites is 2. The van der Waals surface area contributed by atoms with Crippen molar-refractivity contribution in [3.05, 3.63) is 57.6 Å². The maximum absolute atomic E-state index is 12.5. The van der Waals surface area contributed by atoms with E-state index < -0.39 is 5.91 Å². The van der Waals surface area contributed by atoms with Crippen molar-refractivity contribution < 1.29 is 14.3 Å². The van der Waals surface area contributed by atoms with E-state index in [9.17, 15) is 10.1 Å². The molecule has 0 atom stereocenters. The van der Waals surface area contributed by atoms with E-state index in [-0.39, 0.29) is 21.3 Å². The molecule has 0 saturated heterocycles. The van der Waals surface area contributed by atoms with Gasteiger partial charge in [-0.15, -0.1) is 0 Å². The van der Waals surface area contributed by atoms with E-state index in [4.69, 9.17) is 32.7 Å². The number of rotatable bonds is 6. The molecule has 0 radical (unpaired) electrons. The van der Waals surface area contributed by atoms with Crippen LogP contribution in [0, 0.1) is 11.3 Å². The molecule has 0 aromatic heterocycles. The third-order valence-corrected chi connectivity index (χ3v) is 4.01. The van der Waals surface area contributed by atoms with Crippen LogP contribution < -0.4 is 14.8 Å². The Hall–Kier alpha value is -2.68. The number of hydrogen-bond donors (Lipinski definition) is 1. The van der Waals surface area contributed by atoms with Crippen molar-refractivity contribution in [3.8, 4) is 17.6 Å². The summed E-state index contributed by atoms with van der Waals surface area (Å²) < 4.78 is 10.9. The first kappa shape index (κ1) is 19.6. The van der Waals surface area contributed by atoms with Gasteiger partial charge in [0.15, 0.2) is 11.5 Å². The first-order valence-corrected chi connectivity index (χ1v) is 8.44. The van der Waals surface area contributed by atoms with Gasteiger partial charge in [-0.25, -0.2) is 0 Å². The van der Waals surface area contributed by atoms with Crippen LogP contribution >= 0.6 is 23.2 Å². The van der Waals surface area contributed by atoms with Crippen molar-refractivity contribution in [3.63, 3.8) is 0 Å². The number of carbonyl (C=O) groups is 1. The summed E-state index contributed by atoms with van der Waals surface area (Å²) in [6.07, 6.45) is 1.42. The Morgan fingerprint density at radius 2 is 1.88 bits per heavy atom. The lowest BCUT2D eigenvalue weighted by Gasteiger charge is -2.12. The molecule has 1 N–H and O–H groups in total. The van der Waals surface area contributed by atoms with Crippen LogP contribution in [-0.2, 0) is 4.79 Å². The minimum absolute atomic E-state index is 0.132. The van der Waals surface area contributed by atoms with E-state index >= 15 is 0 Å². The highest BCUT2D eigenvalue weighted by Crippen LogP contribution is 2.33. The number of hydrogen-bond acceptors (Lipinski definition) is 4. The van der Waals surface area contributed by atoms with E-state index in [0.717, 1.165) is 0 Å². The van der Waals surface area contributed by atoms with E-state index in [1.54, 1.807) is 36.4 Å². The SMILES string of the molecule is CCOc1cccc(/C=C(\C#N)C(=O)Nc2c(Cl)cccc2Cl)c1OC. The maximum Gasteiger partial charge on any atom is 0.266 e. The predicted octanol–water partition coefficient (Wildman–Crippen LogP) is 4.95. The molecule has 2 aromatic carbocycles. The molecule has 2 rings (SSSR count). The van der Waals surface area contributed by atoms with Gasteiger partial charge < -0.3 is 14.8 Å². The Morgan fingerprint density at radius 1 is 1.23 bits per heavy atom. The molecular formula is C19H16Cl2N2O3. The van der Waals surface area contributed by atoms with Crippen molar-refractivity contribution in [1.82, 2.24) is 0 Å². The Kier molecular flexibility index (Phi) is 6.90. The summed E-state index contributed by atoms with van der Waals surface area (Å²) in [6.45, 7) is 2.31. The molecule has 0 aliphatic carbocycles. The largest absolute Gasteiger partial charge is 0.492 e. The molecule has 26 heavy (non-hydrogen) atoms. The number of halogens is 2. The summed E-state index contributed by atoms with van der Waals surface area (Å²) in [5.41, 5.74) is 0.653. The van der Waals surface area contributed by atoms with Crippen molar-refractivity contribution in [2.24, 2.45) is 0 Å². The van der Waals surface area contributed by atoms with Crippen LogP contribution in [0.3, 0.4) is 0 Å². The highest BCUT2D eigenvalue weighted by atomic mass is 35.5. The topological polar surface area (TPSA) is 71.3 Å². The molecule has 0 saturated carbocycles. The highest BCUT2D eigenvalue weighted by Gasteiger charge is 2.16. The molecule has 7 heteroatoms. The Morgan fingerprint density at radius 3 is 2.46 bits per heavy atom. The van der Waals surface area contributed by atoms with Crippen molar-refractivity contribution in [2.45, 2.75) is 6.92 Å². The van der Waals surface area contributed by atoms with Gasteiger partial charge in [0.05, 0.1) is 29.4 Å². The van der Waals surface area contributed by atoms with Gasteiger partial charge in [-0.2, -0.15) is 5.26 Å². The Labute approximate surface area is 161 Å². The summed E-state index contributed by atoms with van der Waals surface area (Å²) >= 11 is 12.1. The fraction of sp³-hybridized carbons (Fsp3) is 0.158. The minimum Gasteiger partial charge on any atom is -0.492 e. The molecule has 0 unspecified atom stereocenters. The second-order valence-electron chi connectivity index (χ2n) is 5.03. The van der Waals surface area contributed by atoms with E-state index in [1.807, 2.05) is 13.0 Å². The molecule has 0 aliphatic rings. The van der Waals surface area contributed by atoms with Gasteiger partial charge in [-0.1, -0.05) is 41.4 Å². The lowest BCUT2D eigenvalue weighted by atomic mass is 10.1. The van der Waals surface area contributed by atoms with Gasteiger partial charge in [0.1, 0.15) is 11.6 Å². The zero-order chi connectivity index (χ0) is 19.1. The second kappa shape index (κ2) is 9.14. The van der Waals surface area contributed by atoms with Gasteiger partial charge in [0, 0.05) is 5.56 Å². The monoisotopic (exact) mass is 390 g/mol. The molecule has 134 valence electrons. The fourth-order valence-electron chi connectivity index (χ4n) is 2.24. The molecule has 1 amide bonds. The fourth-order valence-corrected chi connectivity index (χ4v) is 2.73. The zero-order valence-electron chi connectivity index (χ0n) is 14.2. The number of nitrogens with one attached hydrogen (secondary N) is 1. The molecule has 0 bridgehead atoms. The number of anilines is 1. The number of amides is 1. The van der Waals surface area contributed by atoms with Crippen LogP contribution in [0.4, 0.5) is 5.69 Å².